The first-order chi connectivity index (χ1) is 12.2. The van der Waals surface area contributed by atoms with Crippen molar-refractivity contribution >= 4 is 29.9 Å². The Hall–Kier alpha value is -0.890. The van der Waals surface area contributed by atoms with Crippen LogP contribution in [0.1, 0.15) is 50.2 Å². The lowest BCUT2D eigenvalue weighted by Crippen LogP contribution is -2.45. The van der Waals surface area contributed by atoms with Crippen LogP contribution in [-0.2, 0) is 6.54 Å². The van der Waals surface area contributed by atoms with E-state index in [0.29, 0.717) is 18.2 Å². The zero-order chi connectivity index (χ0) is 17.6. The summed E-state index contributed by atoms with van der Waals surface area (Å²) in [5, 5.41) is 6.89. The minimum atomic E-state index is -0.159. The smallest absolute Gasteiger partial charge is 0.191 e. The molecule has 1 aromatic rings. The van der Waals surface area contributed by atoms with Crippen molar-refractivity contribution < 1.29 is 4.39 Å². The van der Waals surface area contributed by atoms with E-state index >= 15 is 0 Å². The maximum atomic E-state index is 13.7. The zero-order valence-corrected chi connectivity index (χ0v) is 18.3. The molecular weight excluding hydrogens is 442 g/mol. The number of hydrogen-bond acceptors (Lipinski definition) is 2. The van der Waals surface area contributed by atoms with Gasteiger partial charge in [-0.05, 0) is 50.3 Å². The van der Waals surface area contributed by atoms with E-state index in [9.17, 15) is 4.39 Å². The van der Waals surface area contributed by atoms with Crippen LogP contribution in [0.25, 0.3) is 0 Å². The molecule has 2 N–H and O–H groups in total. The number of likely N-dealkylation sites (tertiary alicyclic amines) is 1. The minimum Gasteiger partial charge on any atom is -0.357 e. The Morgan fingerprint density at radius 3 is 2.73 bits per heavy atom. The fourth-order valence-corrected chi connectivity index (χ4v) is 3.92. The summed E-state index contributed by atoms with van der Waals surface area (Å²) in [7, 11) is 0. The second kappa shape index (κ2) is 10.4. The molecule has 1 saturated heterocycles. The molecule has 2 fully saturated rings. The lowest BCUT2D eigenvalue weighted by atomic mass is 10.1. The Bertz CT molecular complexity index is 601. The highest BCUT2D eigenvalue weighted by molar-refractivity contribution is 14.0. The van der Waals surface area contributed by atoms with E-state index < -0.39 is 0 Å². The van der Waals surface area contributed by atoms with Crippen LogP contribution >= 0.6 is 24.0 Å². The molecule has 1 heterocycles. The van der Waals surface area contributed by atoms with Crippen LogP contribution in [0.5, 0.6) is 0 Å². The maximum Gasteiger partial charge on any atom is 0.191 e. The van der Waals surface area contributed by atoms with Crippen LogP contribution in [0, 0.1) is 12.7 Å². The van der Waals surface area contributed by atoms with Gasteiger partial charge in [0.1, 0.15) is 5.82 Å². The second-order valence-corrected chi connectivity index (χ2v) is 7.34. The van der Waals surface area contributed by atoms with Crippen LogP contribution in [-0.4, -0.2) is 42.6 Å². The van der Waals surface area contributed by atoms with Gasteiger partial charge in [0.05, 0.1) is 6.54 Å². The van der Waals surface area contributed by atoms with Crippen molar-refractivity contribution in [3.05, 3.63) is 35.1 Å². The van der Waals surface area contributed by atoms with Gasteiger partial charge >= 0.3 is 0 Å². The minimum absolute atomic E-state index is 0. The molecule has 1 unspecified atom stereocenters. The summed E-state index contributed by atoms with van der Waals surface area (Å²) in [6, 6.07) is 6.59. The van der Waals surface area contributed by atoms with Crippen LogP contribution in [0.2, 0.25) is 0 Å². The topological polar surface area (TPSA) is 39.7 Å². The van der Waals surface area contributed by atoms with Gasteiger partial charge in [0, 0.05) is 31.7 Å². The Morgan fingerprint density at radius 1 is 1.27 bits per heavy atom. The summed E-state index contributed by atoms with van der Waals surface area (Å²) in [5.41, 5.74) is 1.58. The number of aryl methyl sites for hydroxylation is 1. The molecule has 6 heteroatoms. The average Bonchev–Trinajstić information content (AvgIpc) is 3.27. The van der Waals surface area contributed by atoms with Crippen LogP contribution in [0.4, 0.5) is 4.39 Å². The molecule has 0 aromatic heterocycles. The molecular formula is C20H32FIN4. The van der Waals surface area contributed by atoms with Gasteiger partial charge in [-0.2, -0.15) is 0 Å². The number of aliphatic imine (C=N–C) groups is 1. The molecule has 1 aliphatic heterocycles. The Balaban J connectivity index is 0.00000243. The molecule has 26 heavy (non-hydrogen) atoms. The SMILES string of the molecule is CCNC(=NCc1ccc(C)c(F)c1)NC1CCN(C2CCCC2)C1.I. The van der Waals surface area contributed by atoms with Crippen LogP contribution < -0.4 is 10.6 Å². The molecule has 146 valence electrons. The summed E-state index contributed by atoms with van der Waals surface area (Å²) < 4.78 is 13.7. The molecule has 0 spiro atoms. The van der Waals surface area contributed by atoms with E-state index in [4.69, 9.17) is 0 Å². The first kappa shape index (κ1) is 21.4. The maximum absolute atomic E-state index is 13.7. The predicted molar refractivity (Wildman–Crippen MR) is 117 cm³/mol. The highest BCUT2D eigenvalue weighted by Gasteiger charge is 2.30. The quantitative estimate of drug-likeness (QED) is 0.387. The van der Waals surface area contributed by atoms with Gasteiger partial charge < -0.3 is 10.6 Å². The van der Waals surface area contributed by atoms with Crippen LogP contribution in [0.3, 0.4) is 0 Å². The number of benzene rings is 1. The molecule has 1 aliphatic carbocycles. The van der Waals surface area contributed by atoms with Crippen molar-refractivity contribution in [3.8, 4) is 0 Å². The monoisotopic (exact) mass is 474 g/mol. The van der Waals surface area contributed by atoms with Crippen molar-refractivity contribution in [2.24, 2.45) is 4.99 Å². The first-order valence-corrected chi connectivity index (χ1v) is 9.69. The van der Waals surface area contributed by atoms with E-state index in [1.54, 1.807) is 13.0 Å². The second-order valence-electron chi connectivity index (χ2n) is 7.34. The Morgan fingerprint density at radius 2 is 2.04 bits per heavy atom. The largest absolute Gasteiger partial charge is 0.357 e. The number of guanidine groups is 1. The number of nitrogens with one attached hydrogen (secondary N) is 2. The number of halogens is 2. The lowest BCUT2D eigenvalue weighted by molar-refractivity contribution is 0.242. The molecule has 1 atom stereocenters. The summed E-state index contributed by atoms with van der Waals surface area (Å²) in [6.45, 7) is 7.46. The highest BCUT2D eigenvalue weighted by atomic mass is 127. The molecule has 3 rings (SSSR count). The molecule has 1 aromatic carbocycles. The van der Waals surface area contributed by atoms with Gasteiger partial charge in [-0.3, -0.25) is 4.90 Å². The highest BCUT2D eigenvalue weighted by Crippen LogP contribution is 2.26. The van der Waals surface area contributed by atoms with E-state index in [2.05, 4.69) is 27.4 Å². The van der Waals surface area contributed by atoms with Gasteiger partial charge in [0.25, 0.3) is 0 Å². The van der Waals surface area contributed by atoms with Gasteiger partial charge in [-0.1, -0.05) is 25.0 Å². The average molecular weight is 474 g/mol. The number of hydrogen-bond donors (Lipinski definition) is 2. The van der Waals surface area contributed by atoms with Crippen molar-refractivity contribution in [2.45, 2.75) is 64.6 Å². The fourth-order valence-electron chi connectivity index (χ4n) is 3.92. The standard InChI is InChI=1S/C20H31FN4.HI/c1-3-22-20(23-13-16-9-8-15(2)19(21)12-16)24-17-10-11-25(14-17)18-6-4-5-7-18;/h8-9,12,17-18H,3-7,10-11,13-14H2,1-2H3,(H2,22,23,24);1H. The number of nitrogens with zero attached hydrogens (tertiary/aromatic N) is 2. The summed E-state index contributed by atoms with van der Waals surface area (Å²) >= 11 is 0. The fraction of sp³-hybridized carbons (Fsp3) is 0.650. The molecule has 4 nitrogen and oxygen atoms in total. The molecule has 1 saturated carbocycles. The Labute approximate surface area is 174 Å². The Kier molecular flexibility index (Phi) is 8.60. The van der Waals surface area contributed by atoms with E-state index in [1.807, 2.05) is 12.1 Å². The third kappa shape index (κ3) is 5.81. The van der Waals surface area contributed by atoms with Crippen molar-refractivity contribution in [3.63, 3.8) is 0 Å². The first-order valence-electron chi connectivity index (χ1n) is 9.69. The van der Waals surface area contributed by atoms with Gasteiger partial charge in [0.15, 0.2) is 5.96 Å². The van der Waals surface area contributed by atoms with Gasteiger partial charge in [-0.25, -0.2) is 9.38 Å². The van der Waals surface area contributed by atoms with Crippen molar-refractivity contribution in [1.82, 2.24) is 15.5 Å². The van der Waals surface area contributed by atoms with Crippen molar-refractivity contribution in [2.75, 3.05) is 19.6 Å². The molecule has 0 radical (unpaired) electrons. The van der Waals surface area contributed by atoms with E-state index in [-0.39, 0.29) is 29.8 Å². The normalized spacial score (nSPS) is 21.7. The summed E-state index contributed by atoms with van der Waals surface area (Å²) in [6.07, 6.45) is 6.66. The third-order valence-electron chi connectivity index (χ3n) is 5.40. The zero-order valence-electron chi connectivity index (χ0n) is 15.9. The van der Waals surface area contributed by atoms with Crippen molar-refractivity contribution in [1.29, 1.82) is 0 Å². The van der Waals surface area contributed by atoms with E-state index in [0.717, 1.165) is 30.7 Å². The summed E-state index contributed by atoms with van der Waals surface area (Å²) in [5.74, 6) is 0.676. The summed E-state index contributed by atoms with van der Waals surface area (Å²) in [4.78, 5) is 7.29. The lowest BCUT2D eigenvalue weighted by Gasteiger charge is -2.24. The van der Waals surface area contributed by atoms with E-state index in [1.165, 1.54) is 38.6 Å². The molecule has 0 bridgehead atoms. The van der Waals surface area contributed by atoms with Gasteiger partial charge in [-0.15, -0.1) is 24.0 Å². The molecule has 2 aliphatic rings. The molecule has 0 amide bonds. The van der Waals surface area contributed by atoms with Gasteiger partial charge in [0.2, 0.25) is 0 Å². The predicted octanol–water partition coefficient (Wildman–Crippen LogP) is 3.82. The van der Waals surface area contributed by atoms with Crippen LogP contribution in [0.15, 0.2) is 23.2 Å². The third-order valence-corrected chi connectivity index (χ3v) is 5.40. The number of rotatable bonds is 5.